The first kappa shape index (κ1) is 19.7. The number of benzene rings is 1. The van der Waals surface area contributed by atoms with Crippen molar-refractivity contribution < 1.29 is 14.3 Å². The minimum atomic E-state index is 0.0438. The van der Waals surface area contributed by atoms with E-state index in [1.165, 1.54) is 6.20 Å². The number of hydrogen-bond donors (Lipinski definition) is 1. The Morgan fingerprint density at radius 2 is 1.93 bits per heavy atom. The molecule has 146 valence electrons. The number of hydrogen-bond acceptors (Lipinski definition) is 5. The number of pyridine rings is 1. The molecule has 6 heteroatoms. The van der Waals surface area contributed by atoms with Gasteiger partial charge in [0.2, 0.25) is 11.8 Å². The summed E-state index contributed by atoms with van der Waals surface area (Å²) >= 11 is 0. The van der Waals surface area contributed by atoms with Crippen LogP contribution in [0.2, 0.25) is 0 Å². The molecule has 6 nitrogen and oxygen atoms in total. The van der Waals surface area contributed by atoms with Crippen LogP contribution in [0.1, 0.15) is 43.7 Å². The Morgan fingerprint density at radius 1 is 1.18 bits per heavy atom. The molecule has 1 amide bonds. The summed E-state index contributed by atoms with van der Waals surface area (Å²) in [5.41, 5.74) is 1.50. The first-order valence-electron chi connectivity index (χ1n) is 9.70. The maximum atomic E-state index is 12.3. The van der Waals surface area contributed by atoms with Gasteiger partial charge in [-0.3, -0.25) is 4.79 Å². The van der Waals surface area contributed by atoms with Crippen LogP contribution in [0.3, 0.4) is 0 Å². The molecule has 0 unspecified atom stereocenters. The van der Waals surface area contributed by atoms with Gasteiger partial charge in [-0.1, -0.05) is 12.1 Å². The minimum absolute atomic E-state index is 0.0438. The van der Waals surface area contributed by atoms with Crippen molar-refractivity contribution in [1.29, 1.82) is 5.26 Å². The highest BCUT2D eigenvalue weighted by Crippen LogP contribution is 2.23. The van der Waals surface area contributed by atoms with Gasteiger partial charge in [-0.2, -0.15) is 5.26 Å². The lowest BCUT2D eigenvalue weighted by Gasteiger charge is -2.29. The number of aromatic nitrogens is 1. The van der Waals surface area contributed by atoms with Crippen LogP contribution in [0.5, 0.6) is 11.6 Å². The van der Waals surface area contributed by atoms with Crippen molar-refractivity contribution in [1.82, 2.24) is 10.3 Å². The lowest BCUT2D eigenvalue weighted by atomic mass is 9.92. The third kappa shape index (κ3) is 5.71. The smallest absolute Gasteiger partial charge is 0.224 e. The molecule has 28 heavy (non-hydrogen) atoms. The Morgan fingerprint density at radius 3 is 2.54 bits per heavy atom. The Hall–Kier alpha value is -3.07. The molecule has 0 atom stereocenters. The van der Waals surface area contributed by atoms with Crippen molar-refractivity contribution in [2.75, 3.05) is 6.61 Å². The Labute approximate surface area is 165 Å². The third-order valence-corrected chi connectivity index (χ3v) is 4.79. The first-order valence-corrected chi connectivity index (χ1v) is 9.70. The maximum absolute atomic E-state index is 12.3. The number of ether oxygens (including phenoxy) is 2. The van der Waals surface area contributed by atoms with E-state index in [1.54, 1.807) is 12.1 Å². The number of carbonyl (C=O) groups is 1. The van der Waals surface area contributed by atoms with E-state index in [-0.39, 0.29) is 18.1 Å². The van der Waals surface area contributed by atoms with Gasteiger partial charge in [-0.05, 0) is 56.4 Å². The summed E-state index contributed by atoms with van der Waals surface area (Å²) in [7, 11) is 0. The van der Waals surface area contributed by atoms with Crippen molar-refractivity contribution in [2.45, 2.75) is 51.2 Å². The molecule has 1 aliphatic carbocycles. The molecule has 3 rings (SSSR count). The highest BCUT2D eigenvalue weighted by atomic mass is 16.5. The van der Waals surface area contributed by atoms with Crippen molar-refractivity contribution in [3.8, 4) is 17.7 Å². The van der Waals surface area contributed by atoms with E-state index in [9.17, 15) is 4.79 Å². The van der Waals surface area contributed by atoms with E-state index in [0.717, 1.165) is 37.0 Å². The topological polar surface area (TPSA) is 84.2 Å². The molecule has 0 aliphatic heterocycles. The Kier molecular flexibility index (Phi) is 6.85. The van der Waals surface area contributed by atoms with E-state index < -0.39 is 0 Å². The fourth-order valence-corrected chi connectivity index (χ4v) is 3.35. The number of nitrogens with zero attached hydrogens (tertiary/aromatic N) is 2. The standard InChI is InChI=1S/C22H25N3O3/c1-2-27-19-8-3-16(4-9-19)13-21(26)25-18-6-10-20(11-7-18)28-22-12-5-17(14-23)15-24-22/h3-5,8-9,12,15,18,20H,2,6-7,10-11,13H2,1H3,(H,25,26). The molecule has 1 N–H and O–H groups in total. The molecule has 0 bridgehead atoms. The molecule has 2 aromatic rings. The molecular weight excluding hydrogens is 354 g/mol. The second kappa shape index (κ2) is 9.75. The van der Waals surface area contributed by atoms with Crippen LogP contribution < -0.4 is 14.8 Å². The monoisotopic (exact) mass is 379 g/mol. The second-order valence-electron chi connectivity index (χ2n) is 6.91. The SMILES string of the molecule is CCOc1ccc(CC(=O)NC2CCC(Oc3ccc(C#N)cn3)CC2)cc1. The summed E-state index contributed by atoms with van der Waals surface area (Å²) in [5.74, 6) is 1.41. The quantitative estimate of drug-likeness (QED) is 0.797. The average molecular weight is 379 g/mol. The molecule has 1 fully saturated rings. The minimum Gasteiger partial charge on any atom is -0.494 e. The molecule has 0 spiro atoms. The molecule has 0 radical (unpaired) electrons. The van der Waals surface area contributed by atoms with Crippen LogP contribution in [-0.2, 0) is 11.2 Å². The number of carbonyl (C=O) groups excluding carboxylic acids is 1. The van der Waals surface area contributed by atoms with E-state index in [2.05, 4.69) is 10.3 Å². The number of rotatable bonds is 7. The van der Waals surface area contributed by atoms with Crippen molar-refractivity contribution >= 4 is 5.91 Å². The molecule has 1 aromatic carbocycles. The van der Waals surface area contributed by atoms with Gasteiger partial charge in [0.1, 0.15) is 17.9 Å². The van der Waals surface area contributed by atoms with Crippen molar-refractivity contribution in [3.63, 3.8) is 0 Å². The summed E-state index contributed by atoms with van der Waals surface area (Å²) in [4.78, 5) is 16.5. The molecule has 1 aliphatic rings. The lowest BCUT2D eigenvalue weighted by molar-refractivity contribution is -0.121. The van der Waals surface area contributed by atoms with E-state index >= 15 is 0 Å². The molecular formula is C22H25N3O3. The predicted octanol–water partition coefficient (Wildman–Crippen LogP) is 3.40. The maximum Gasteiger partial charge on any atom is 0.224 e. The zero-order chi connectivity index (χ0) is 19.8. The highest BCUT2D eigenvalue weighted by Gasteiger charge is 2.24. The lowest BCUT2D eigenvalue weighted by Crippen LogP contribution is -2.40. The number of amides is 1. The highest BCUT2D eigenvalue weighted by molar-refractivity contribution is 5.78. The van der Waals surface area contributed by atoms with Gasteiger partial charge in [-0.25, -0.2) is 4.98 Å². The predicted molar refractivity (Wildman–Crippen MR) is 105 cm³/mol. The van der Waals surface area contributed by atoms with Crippen LogP contribution in [0.25, 0.3) is 0 Å². The van der Waals surface area contributed by atoms with Crippen molar-refractivity contribution in [3.05, 3.63) is 53.7 Å². The van der Waals surface area contributed by atoms with Crippen LogP contribution in [0.15, 0.2) is 42.6 Å². The normalized spacial score (nSPS) is 18.7. The molecule has 1 aromatic heterocycles. The molecule has 1 heterocycles. The fourth-order valence-electron chi connectivity index (χ4n) is 3.35. The van der Waals surface area contributed by atoms with E-state index in [0.29, 0.717) is 24.5 Å². The first-order chi connectivity index (χ1) is 13.7. The van der Waals surface area contributed by atoms with Crippen LogP contribution in [-0.4, -0.2) is 29.6 Å². The summed E-state index contributed by atoms with van der Waals surface area (Å²) in [6, 6.07) is 13.3. The van der Waals surface area contributed by atoms with Crippen LogP contribution in [0.4, 0.5) is 0 Å². The van der Waals surface area contributed by atoms with Gasteiger partial charge in [-0.15, -0.1) is 0 Å². The van der Waals surface area contributed by atoms with Gasteiger partial charge in [0.25, 0.3) is 0 Å². The van der Waals surface area contributed by atoms with Gasteiger partial charge in [0.15, 0.2) is 0 Å². The van der Waals surface area contributed by atoms with E-state index in [1.807, 2.05) is 37.3 Å². The number of nitriles is 1. The summed E-state index contributed by atoms with van der Waals surface area (Å²) in [6.07, 6.45) is 5.50. The summed E-state index contributed by atoms with van der Waals surface area (Å²) in [5, 5.41) is 11.9. The van der Waals surface area contributed by atoms with Crippen LogP contribution >= 0.6 is 0 Å². The zero-order valence-corrected chi connectivity index (χ0v) is 16.1. The Balaban J connectivity index is 1.40. The zero-order valence-electron chi connectivity index (χ0n) is 16.1. The second-order valence-corrected chi connectivity index (χ2v) is 6.91. The van der Waals surface area contributed by atoms with Crippen LogP contribution in [0, 0.1) is 11.3 Å². The van der Waals surface area contributed by atoms with Gasteiger partial charge in [0.05, 0.1) is 18.6 Å². The number of nitrogens with one attached hydrogen (secondary N) is 1. The molecule has 1 saturated carbocycles. The van der Waals surface area contributed by atoms with Gasteiger partial charge >= 0.3 is 0 Å². The molecule has 0 saturated heterocycles. The third-order valence-electron chi connectivity index (χ3n) is 4.79. The Bertz CT molecular complexity index is 804. The van der Waals surface area contributed by atoms with Crippen molar-refractivity contribution in [2.24, 2.45) is 0 Å². The average Bonchev–Trinajstić information content (AvgIpc) is 2.72. The van der Waals surface area contributed by atoms with E-state index in [4.69, 9.17) is 14.7 Å². The van der Waals surface area contributed by atoms with Gasteiger partial charge < -0.3 is 14.8 Å². The summed E-state index contributed by atoms with van der Waals surface area (Å²) in [6.45, 7) is 2.58. The van der Waals surface area contributed by atoms with Gasteiger partial charge in [0, 0.05) is 18.3 Å². The largest absolute Gasteiger partial charge is 0.494 e. The fraction of sp³-hybridized carbons (Fsp3) is 0.409. The summed E-state index contributed by atoms with van der Waals surface area (Å²) < 4.78 is 11.3.